The number of non-ortho nitro benzene ring substituents is 1. The summed E-state index contributed by atoms with van der Waals surface area (Å²) in [5.74, 6) is -0.121. The Bertz CT molecular complexity index is 642. The van der Waals surface area contributed by atoms with Crippen LogP contribution in [0.1, 0.15) is 12.0 Å². The molecule has 1 atom stereocenters. The summed E-state index contributed by atoms with van der Waals surface area (Å²) in [6, 6.07) is 6.04. The van der Waals surface area contributed by atoms with Crippen LogP contribution in [-0.2, 0) is 4.79 Å². The van der Waals surface area contributed by atoms with Gasteiger partial charge in [0.15, 0.2) is 5.17 Å². The molecule has 1 aliphatic rings. The Morgan fingerprint density at radius 1 is 1.52 bits per heavy atom. The van der Waals surface area contributed by atoms with Gasteiger partial charge >= 0.3 is 0 Å². The Hall–Kier alpha value is -2.48. The van der Waals surface area contributed by atoms with Crippen LogP contribution in [0.5, 0.6) is 0 Å². The van der Waals surface area contributed by atoms with Crippen molar-refractivity contribution in [2.45, 2.75) is 11.7 Å². The van der Waals surface area contributed by atoms with Gasteiger partial charge in [-0.15, -0.1) is 11.7 Å². The maximum absolute atomic E-state index is 11.5. The molecule has 0 aliphatic carbocycles. The van der Waals surface area contributed by atoms with Gasteiger partial charge in [0.2, 0.25) is 5.91 Å². The first-order chi connectivity index (χ1) is 10.1. The van der Waals surface area contributed by atoms with Crippen LogP contribution in [0.15, 0.2) is 47.1 Å². The number of amides is 1. The lowest BCUT2D eigenvalue weighted by molar-refractivity contribution is -0.384. The smallest absolute Gasteiger partial charge is 0.270 e. The van der Waals surface area contributed by atoms with Gasteiger partial charge in [0, 0.05) is 17.7 Å². The number of allylic oxidation sites excluding steroid dienone is 1. The van der Waals surface area contributed by atoms with Crippen molar-refractivity contribution in [2.24, 2.45) is 10.2 Å². The molecule has 1 heterocycles. The molecule has 2 rings (SSSR count). The van der Waals surface area contributed by atoms with Gasteiger partial charge in [0.05, 0.1) is 16.4 Å². The van der Waals surface area contributed by atoms with E-state index >= 15 is 0 Å². The minimum Gasteiger partial charge on any atom is -0.303 e. The van der Waals surface area contributed by atoms with Crippen LogP contribution in [-0.4, -0.2) is 27.5 Å². The number of carbonyl (C=O) groups excluding carboxylic acids is 1. The highest BCUT2D eigenvalue weighted by Crippen LogP contribution is 2.22. The fourth-order valence-corrected chi connectivity index (χ4v) is 2.55. The largest absolute Gasteiger partial charge is 0.303 e. The molecule has 1 amide bonds. The number of carbonyl (C=O) groups is 1. The van der Waals surface area contributed by atoms with Crippen molar-refractivity contribution in [3.05, 3.63) is 52.6 Å². The van der Waals surface area contributed by atoms with Gasteiger partial charge < -0.3 is 5.32 Å². The summed E-state index contributed by atoms with van der Waals surface area (Å²) in [7, 11) is 0. The normalized spacial score (nSPS) is 19.9. The Morgan fingerprint density at radius 2 is 2.33 bits per heavy atom. The third kappa shape index (κ3) is 3.99. The number of benzene rings is 1. The maximum Gasteiger partial charge on any atom is 0.270 e. The molecule has 0 saturated carbocycles. The summed E-state index contributed by atoms with van der Waals surface area (Å²) >= 11 is 1.28. The van der Waals surface area contributed by atoms with E-state index < -0.39 is 4.92 Å². The molecule has 0 bridgehead atoms. The minimum atomic E-state index is -0.476. The first-order valence-electron chi connectivity index (χ1n) is 6.04. The Morgan fingerprint density at radius 3 is 3.05 bits per heavy atom. The second-order valence-corrected chi connectivity index (χ2v) is 5.31. The zero-order chi connectivity index (χ0) is 15.2. The molecule has 1 N–H and O–H groups in total. The molecule has 1 unspecified atom stereocenters. The molecule has 108 valence electrons. The first-order valence-corrected chi connectivity index (χ1v) is 6.92. The monoisotopic (exact) mass is 304 g/mol. The lowest BCUT2D eigenvalue weighted by Gasteiger charge is -1.97. The number of hydrogen-bond acceptors (Lipinski definition) is 6. The predicted octanol–water partition coefficient (Wildman–Crippen LogP) is 2.09. The molecule has 8 heteroatoms. The molecule has 1 aromatic carbocycles. The van der Waals surface area contributed by atoms with Crippen LogP contribution >= 0.6 is 11.8 Å². The lowest BCUT2D eigenvalue weighted by Crippen LogP contribution is -2.24. The third-order valence-corrected chi connectivity index (χ3v) is 3.69. The predicted molar refractivity (Wildman–Crippen MR) is 82.5 cm³/mol. The number of rotatable bonds is 5. The van der Waals surface area contributed by atoms with Crippen LogP contribution in [0.25, 0.3) is 0 Å². The van der Waals surface area contributed by atoms with E-state index in [-0.39, 0.29) is 16.8 Å². The summed E-state index contributed by atoms with van der Waals surface area (Å²) < 4.78 is 0. The van der Waals surface area contributed by atoms with Crippen LogP contribution in [0, 0.1) is 10.1 Å². The van der Waals surface area contributed by atoms with Crippen LogP contribution in [0.3, 0.4) is 0 Å². The van der Waals surface area contributed by atoms with Crippen molar-refractivity contribution in [1.29, 1.82) is 0 Å². The van der Waals surface area contributed by atoms with E-state index in [1.807, 2.05) is 0 Å². The van der Waals surface area contributed by atoms with Crippen molar-refractivity contribution in [2.75, 3.05) is 0 Å². The molecule has 0 spiro atoms. The Balaban J connectivity index is 2.04. The van der Waals surface area contributed by atoms with E-state index in [0.29, 0.717) is 17.2 Å². The highest BCUT2D eigenvalue weighted by atomic mass is 32.2. The van der Waals surface area contributed by atoms with Crippen LogP contribution in [0.4, 0.5) is 5.69 Å². The molecule has 1 fully saturated rings. The Labute approximate surface area is 125 Å². The summed E-state index contributed by atoms with van der Waals surface area (Å²) in [6.07, 6.45) is 3.63. The zero-order valence-electron chi connectivity index (χ0n) is 10.9. The minimum absolute atomic E-state index is 0.0128. The summed E-state index contributed by atoms with van der Waals surface area (Å²) in [6.45, 7) is 3.59. The maximum atomic E-state index is 11.5. The van der Waals surface area contributed by atoms with Gasteiger partial charge in [-0.3, -0.25) is 14.9 Å². The highest BCUT2D eigenvalue weighted by molar-refractivity contribution is 8.15. The summed E-state index contributed by atoms with van der Waals surface area (Å²) in [5, 5.41) is 21.2. The zero-order valence-corrected chi connectivity index (χ0v) is 11.7. The van der Waals surface area contributed by atoms with Crippen molar-refractivity contribution < 1.29 is 9.72 Å². The molecule has 1 aromatic rings. The number of nitro benzene ring substituents is 1. The summed E-state index contributed by atoms with van der Waals surface area (Å²) in [4.78, 5) is 21.7. The molecule has 0 aromatic heterocycles. The van der Waals surface area contributed by atoms with E-state index in [2.05, 4.69) is 22.1 Å². The van der Waals surface area contributed by atoms with Crippen molar-refractivity contribution in [1.82, 2.24) is 5.32 Å². The number of hydrogen-bond donors (Lipinski definition) is 1. The number of nitro groups is 1. The van der Waals surface area contributed by atoms with Gasteiger partial charge in [-0.25, -0.2) is 0 Å². The molecule has 0 radical (unpaired) electrons. The molecular formula is C13H12N4O3S. The fraction of sp³-hybridized carbons (Fsp3) is 0.154. The van der Waals surface area contributed by atoms with E-state index in [1.54, 1.807) is 18.2 Å². The third-order valence-electron chi connectivity index (χ3n) is 2.59. The molecule has 1 saturated heterocycles. The van der Waals surface area contributed by atoms with E-state index in [0.717, 1.165) is 0 Å². The Kier molecular flexibility index (Phi) is 4.83. The first kappa shape index (κ1) is 14.9. The lowest BCUT2D eigenvalue weighted by atomic mass is 10.2. The highest BCUT2D eigenvalue weighted by Gasteiger charge is 2.28. The number of thioether (sulfide) groups is 1. The fourth-order valence-electron chi connectivity index (χ4n) is 1.63. The van der Waals surface area contributed by atoms with Crippen molar-refractivity contribution in [3.63, 3.8) is 0 Å². The SMILES string of the molecule is C=CCC1S/C(=N\N=C\c2cccc([N+](=O)[O-])c2)NC1=O. The molecule has 1 aliphatic heterocycles. The van der Waals surface area contributed by atoms with Gasteiger partial charge in [0.25, 0.3) is 5.69 Å². The number of amidine groups is 1. The second-order valence-electron chi connectivity index (χ2n) is 4.12. The topological polar surface area (TPSA) is 97.0 Å². The summed E-state index contributed by atoms with van der Waals surface area (Å²) in [5.41, 5.74) is 0.548. The average Bonchev–Trinajstić information content (AvgIpc) is 2.80. The van der Waals surface area contributed by atoms with E-state index in [9.17, 15) is 14.9 Å². The number of nitrogens with zero attached hydrogens (tertiary/aromatic N) is 3. The van der Waals surface area contributed by atoms with Gasteiger partial charge in [-0.05, 0) is 6.42 Å². The van der Waals surface area contributed by atoms with Crippen molar-refractivity contribution in [3.8, 4) is 0 Å². The van der Waals surface area contributed by atoms with Crippen LogP contribution < -0.4 is 5.32 Å². The second kappa shape index (κ2) is 6.80. The van der Waals surface area contributed by atoms with E-state index in [1.165, 1.54) is 30.1 Å². The quantitative estimate of drug-likeness (QED) is 0.390. The van der Waals surface area contributed by atoms with Gasteiger partial charge in [-0.1, -0.05) is 30.0 Å². The molecule has 21 heavy (non-hydrogen) atoms. The van der Waals surface area contributed by atoms with Gasteiger partial charge in [0.1, 0.15) is 0 Å². The van der Waals surface area contributed by atoms with Gasteiger partial charge in [-0.2, -0.15) is 5.10 Å². The van der Waals surface area contributed by atoms with E-state index in [4.69, 9.17) is 0 Å². The molecule has 7 nitrogen and oxygen atoms in total. The average molecular weight is 304 g/mol. The standard InChI is InChI=1S/C13H12N4O3S/c1-2-4-11-12(18)15-13(21-11)16-14-8-9-5-3-6-10(7-9)17(19)20/h2-3,5-8,11H,1,4H2,(H,15,16,18)/b14-8+. The van der Waals surface area contributed by atoms with Crippen LogP contribution in [0.2, 0.25) is 0 Å². The number of nitrogens with one attached hydrogen (secondary N) is 1. The molecular weight excluding hydrogens is 292 g/mol. The van der Waals surface area contributed by atoms with Crippen molar-refractivity contribution >= 4 is 34.7 Å².